The van der Waals surface area contributed by atoms with Crippen LogP contribution in [0.5, 0.6) is 5.75 Å². The Morgan fingerprint density at radius 3 is 2.64 bits per heavy atom. The highest BCUT2D eigenvalue weighted by Crippen LogP contribution is 2.35. The monoisotopic (exact) mass is 523 g/mol. The zero-order valence-corrected chi connectivity index (χ0v) is 22.0. The second kappa shape index (κ2) is 10.7. The quantitative estimate of drug-likeness (QED) is 0.498. The molecule has 198 valence electrons. The van der Waals surface area contributed by atoms with Crippen LogP contribution in [0.1, 0.15) is 35.7 Å². The van der Waals surface area contributed by atoms with Gasteiger partial charge in [0.25, 0.3) is 5.91 Å². The molecule has 1 aromatic heterocycles. The lowest BCUT2D eigenvalue weighted by molar-refractivity contribution is 0.0373. The number of para-hydroxylation sites is 1. The maximum atomic E-state index is 13.4. The summed E-state index contributed by atoms with van der Waals surface area (Å²) >= 11 is 0. The number of aromatic nitrogens is 1. The normalized spacial score (nSPS) is 19.0. The number of rotatable bonds is 7. The predicted molar refractivity (Wildman–Crippen MR) is 134 cm³/mol. The van der Waals surface area contributed by atoms with E-state index in [0.29, 0.717) is 17.1 Å². The fraction of sp³-hybridized carbons (Fsp3) is 0.522. The van der Waals surface area contributed by atoms with E-state index in [2.05, 4.69) is 15.2 Å². The minimum atomic E-state index is -3.67. The van der Waals surface area contributed by atoms with Gasteiger partial charge in [0.2, 0.25) is 10.0 Å². The van der Waals surface area contributed by atoms with E-state index in [9.17, 15) is 23.1 Å². The van der Waals surface area contributed by atoms with Crippen molar-refractivity contribution in [1.82, 2.24) is 15.0 Å². The van der Waals surface area contributed by atoms with Crippen LogP contribution in [-0.2, 0) is 10.0 Å². The van der Waals surface area contributed by atoms with Gasteiger partial charge in [-0.3, -0.25) is 9.52 Å². The topological polar surface area (TPSA) is 154 Å². The van der Waals surface area contributed by atoms with Crippen LogP contribution < -0.4 is 14.8 Å². The molecule has 2 aromatic rings. The van der Waals surface area contributed by atoms with E-state index in [-0.39, 0.29) is 42.6 Å². The maximum Gasteiger partial charge on any atom is 0.321 e. The lowest BCUT2D eigenvalue weighted by Gasteiger charge is -2.38. The third kappa shape index (κ3) is 6.08. The summed E-state index contributed by atoms with van der Waals surface area (Å²) in [6.45, 7) is 7.13. The lowest BCUT2D eigenvalue weighted by Crippen LogP contribution is -2.50. The molecule has 0 fully saturated rings. The standard InChI is InChI=1S/C23H33N5O7S/c1-13-10-28(14(2)12-29)22(30)17-8-7-9-18(26-36(6,32)33)21(17)34-19(13)11-27(5)23(31)24-20-15(3)25-35-16(20)4/h7-9,13-14,19,26,29H,10-12H2,1-6H3,(H,24,31)/t13-,14+,19+/m0/s1. The molecule has 3 rings (SSSR count). The highest BCUT2D eigenvalue weighted by molar-refractivity contribution is 7.92. The van der Waals surface area contributed by atoms with Crippen molar-refractivity contribution in [1.29, 1.82) is 0 Å². The number of carbonyl (C=O) groups is 2. The first-order valence-corrected chi connectivity index (χ1v) is 13.4. The van der Waals surface area contributed by atoms with Crippen LogP contribution >= 0.6 is 0 Å². The Morgan fingerprint density at radius 2 is 2.06 bits per heavy atom. The van der Waals surface area contributed by atoms with Gasteiger partial charge in [-0.25, -0.2) is 13.2 Å². The molecular weight excluding hydrogens is 490 g/mol. The van der Waals surface area contributed by atoms with Gasteiger partial charge in [0.15, 0.2) is 11.5 Å². The molecule has 13 heteroatoms. The van der Waals surface area contributed by atoms with E-state index < -0.39 is 34.1 Å². The van der Waals surface area contributed by atoms with Crippen LogP contribution in [0.3, 0.4) is 0 Å². The average Bonchev–Trinajstić information content (AvgIpc) is 3.12. The second-order valence-corrected chi connectivity index (χ2v) is 10.9. The number of aryl methyl sites for hydroxylation is 2. The number of fused-ring (bicyclic) bond motifs is 1. The minimum Gasteiger partial charge on any atom is -0.485 e. The van der Waals surface area contributed by atoms with Gasteiger partial charge in [-0.15, -0.1) is 0 Å². The fourth-order valence-electron chi connectivity index (χ4n) is 3.96. The van der Waals surface area contributed by atoms with Crippen LogP contribution in [-0.4, -0.2) is 85.6 Å². The van der Waals surface area contributed by atoms with Crippen LogP contribution in [0.15, 0.2) is 22.7 Å². The summed E-state index contributed by atoms with van der Waals surface area (Å²) < 4.78 is 37.8. The number of aliphatic hydroxyl groups is 1. The summed E-state index contributed by atoms with van der Waals surface area (Å²) in [4.78, 5) is 29.3. The molecule has 0 saturated heterocycles. The number of amides is 3. The number of carbonyl (C=O) groups excluding carboxylic acids is 2. The van der Waals surface area contributed by atoms with Gasteiger partial charge in [-0.2, -0.15) is 0 Å². The highest BCUT2D eigenvalue weighted by Gasteiger charge is 2.35. The van der Waals surface area contributed by atoms with Crippen LogP contribution in [0.25, 0.3) is 0 Å². The molecule has 0 unspecified atom stereocenters. The average molecular weight is 524 g/mol. The number of hydrogen-bond acceptors (Lipinski definition) is 8. The lowest BCUT2D eigenvalue weighted by atomic mass is 9.99. The van der Waals surface area contributed by atoms with E-state index in [1.54, 1.807) is 40.0 Å². The first kappa shape index (κ1) is 27.3. The first-order valence-electron chi connectivity index (χ1n) is 11.5. The summed E-state index contributed by atoms with van der Waals surface area (Å²) in [5, 5.41) is 16.4. The van der Waals surface area contributed by atoms with Gasteiger partial charge in [0.1, 0.15) is 17.5 Å². The Bertz CT molecular complexity index is 1210. The number of ether oxygens (including phenoxy) is 1. The Morgan fingerprint density at radius 1 is 1.36 bits per heavy atom. The molecule has 0 aliphatic carbocycles. The number of benzene rings is 1. The van der Waals surface area contributed by atoms with Crippen LogP contribution in [0.2, 0.25) is 0 Å². The number of nitrogens with zero attached hydrogens (tertiary/aromatic N) is 3. The number of anilines is 2. The van der Waals surface area contributed by atoms with Crippen LogP contribution in [0.4, 0.5) is 16.2 Å². The zero-order valence-electron chi connectivity index (χ0n) is 21.2. The Hall–Kier alpha value is -3.32. The van der Waals surface area contributed by atoms with Gasteiger partial charge in [-0.1, -0.05) is 18.1 Å². The van der Waals surface area contributed by atoms with Crippen molar-refractivity contribution in [3.63, 3.8) is 0 Å². The van der Waals surface area contributed by atoms with Gasteiger partial charge >= 0.3 is 6.03 Å². The van der Waals surface area contributed by atoms with Crippen molar-refractivity contribution in [3.05, 3.63) is 35.2 Å². The highest BCUT2D eigenvalue weighted by atomic mass is 32.2. The number of aliphatic hydroxyl groups excluding tert-OH is 1. The summed E-state index contributed by atoms with van der Waals surface area (Å²) in [6.07, 6.45) is 0.387. The molecule has 0 radical (unpaired) electrons. The first-order chi connectivity index (χ1) is 16.8. The number of nitrogens with one attached hydrogen (secondary N) is 2. The molecule has 3 N–H and O–H groups in total. The number of urea groups is 1. The molecule has 0 spiro atoms. The summed E-state index contributed by atoms with van der Waals surface area (Å²) in [7, 11) is -2.07. The summed E-state index contributed by atoms with van der Waals surface area (Å²) in [5.74, 6) is -0.128. The third-order valence-electron chi connectivity index (χ3n) is 6.05. The van der Waals surface area contributed by atoms with Crippen LogP contribution in [0, 0.1) is 19.8 Å². The van der Waals surface area contributed by atoms with Crippen molar-refractivity contribution in [2.75, 3.05) is 43.0 Å². The molecule has 1 aliphatic heterocycles. The van der Waals surface area contributed by atoms with E-state index >= 15 is 0 Å². The van der Waals surface area contributed by atoms with E-state index in [0.717, 1.165) is 6.26 Å². The Labute approximate surface area is 210 Å². The molecule has 0 bridgehead atoms. The minimum absolute atomic E-state index is 0.0687. The number of sulfonamides is 1. The molecule has 12 nitrogen and oxygen atoms in total. The number of hydrogen-bond donors (Lipinski definition) is 3. The molecule has 1 aromatic carbocycles. The van der Waals surface area contributed by atoms with Crippen molar-refractivity contribution < 1.29 is 32.4 Å². The molecule has 0 saturated carbocycles. The van der Waals surface area contributed by atoms with Crippen molar-refractivity contribution in [2.24, 2.45) is 5.92 Å². The van der Waals surface area contributed by atoms with Gasteiger partial charge in [-0.05, 0) is 32.9 Å². The molecule has 1 aliphatic rings. The zero-order chi connectivity index (χ0) is 26.8. The summed E-state index contributed by atoms with van der Waals surface area (Å²) in [6, 6.07) is 3.70. The van der Waals surface area contributed by atoms with E-state index in [4.69, 9.17) is 9.26 Å². The Balaban J connectivity index is 1.96. The van der Waals surface area contributed by atoms with Gasteiger partial charge < -0.3 is 29.5 Å². The van der Waals surface area contributed by atoms with Crippen molar-refractivity contribution >= 4 is 33.3 Å². The largest absolute Gasteiger partial charge is 0.485 e. The Kier molecular flexibility index (Phi) is 8.14. The van der Waals surface area contributed by atoms with Crippen molar-refractivity contribution in [3.8, 4) is 5.75 Å². The molecule has 3 atom stereocenters. The second-order valence-electron chi connectivity index (χ2n) is 9.19. The predicted octanol–water partition coefficient (Wildman–Crippen LogP) is 2.05. The SMILES string of the molecule is Cc1noc(C)c1NC(=O)N(C)C[C@H]1Oc2c(NS(C)(=O)=O)cccc2C(=O)N([C@H](C)CO)C[C@@H]1C. The molecule has 36 heavy (non-hydrogen) atoms. The smallest absolute Gasteiger partial charge is 0.321 e. The van der Waals surface area contributed by atoms with Crippen molar-refractivity contribution in [2.45, 2.75) is 39.8 Å². The van der Waals surface area contributed by atoms with E-state index in [1.165, 1.54) is 15.9 Å². The molecule has 2 heterocycles. The maximum absolute atomic E-state index is 13.4. The fourth-order valence-corrected chi connectivity index (χ4v) is 4.52. The van der Waals surface area contributed by atoms with Gasteiger partial charge in [0.05, 0.1) is 36.7 Å². The molecular formula is C23H33N5O7S. The van der Waals surface area contributed by atoms with E-state index in [1.807, 2.05) is 6.92 Å². The molecule has 3 amide bonds. The third-order valence-corrected chi connectivity index (χ3v) is 6.64. The van der Waals surface area contributed by atoms with Gasteiger partial charge in [0, 0.05) is 19.5 Å². The summed E-state index contributed by atoms with van der Waals surface area (Å²) in [5.41, 5.74) is 1.30. The number of likely N-dealkylation sites (N-methyl/N-ethyl adjacent to an activating group) is 1.